The van der Waals surface area contributed by atoms with E-state index < -0.39 is 11.2 Å². The van der Waals surface area contributed by atoms with Gasteiger partial charge < -0.3 is 10.2 Å². The highest BCUT2D eigenvalue weighted by molar-refractivity contribution is 5.24. The van der Waals surface area contributed by atoms with Crippen LogP contribution in [-0.2, 0) is 5.60 Å². The molecule has 0 aliphatic rings. The molecule has 1 rings (SSSR count). The molecule has 2 unspecified atom stereocenters. The average molecular weight is 250 g/mol. The molecular weight excluding hydrogens is 224 g/mol. The zero-order valence-corrected chi connectivity index (χ0v) is 12.0. The second-order valence-corrected chi connectivity index (χ2v) is 5.18. The molecule has 0 fully saturated rings. The molecule has 2 N–H and O–H groups in total. The number of hydrogen-bond donors (Lipinski definition) is 2. The Bertz CT molecular complexity index is 357. The topological polar surface area (TPSA) is 40.5 Å². The molecule has 18 heavy (non-hydrogen) atoms. The van der Waals surface area contributed by atoms with Crippen molar-refractivity contribution >= 4 is 0 Å². The van der Waals surface area contributed by atoms with Gasteiger partial charge in [-0.25, -0.2) is 0 Å². The van der Waals surface area contributed by atoms with Crippen LogP contribution in [0.25, 0.3) is 0 Å². The molecule has 0 aromatic heterocycles. The van der Waals surface area contributed by atoms with Crippen molar-refractivity contribution in [2.75, 3.05) is 0 Å². The van der Waals surface area contributed by atoms with Gasteiger partial charge in [-0.2, -0.15) is 0 Å². The van der Waals surface area contributed by atoms with Crippen molar-refractivity contribution < 1.29 is 10.2 Å². The highest BCUT2D eigenvalue weighted by Gasteiger charge is 2.44. The van der Waals surface area contributed by atoms with Gasteiger partial charge in [0.2, 0.25) is 0 Å². The lowest BCUT2D eigenvalue weighted by molar-refractivity contribution is -0.129. The molecule has 0 saturated carbocycles. The van der Waals surface area contributed by atoms with Gasteiger partial charge in [0.25, 0.3) is 0 Å². The largest absolute Gasteiger partial charge is 0.390 e. The first-order valence-corrected chi connectivity index (χ1v) is 6.94. The molecule has 1 aromatic rings. The molecule has 2 atom stereocenters. The molecule has 1 aromatic carbocycles. The summed E-state index contributed by atoms with van der Waals surface area (Å²) in [6, 6.07) is 9.67. The van der Waals surface area contributed by atoms with E-state index in [2.05, 4.69) is 0 Å². The van der Waals surface area contributed by atoms with Gasteiger partial charge in [0.1, 0.15) is 0 Å². The lowest BCUT2D eigenvalue weighted by atomic mass is 9.69. The number of hydrogen-bond acceptors (Lipinski definition) is 2. The van der Waals surface area contributed by atoms with E-state index in [-0.39, 0.29) is 5.92 Å². The molecule has 2 nitrogen and oxygen atoms in total. The minimum atomic E-state index is -0.970. The summed E-state index contributed by atoms with van der Waals surface area (Å²) in [5.74, 6) is -0.201. The van der Waals surface area contributed by atoms with E-state index in [4.69, 9.17) is 0 Å². The number of aliphatic hydroxyl groups is 2. The summed E-state index contributed by atoms with van der Waals surface area (Å²) in [6.45, 7) is 7.86. The molecule has 0 radical (unpaired) electrons. The predicted molar refractivity (Wildman–Crippen MR) is 75.3 cm³/mol. The molecule has 0 aliphatic heterocycles. The van der Waals surface area contributed by atoms with Crippen molar-refractivity contribution in [1.82, 2.24) is 0 Å². The van der Waals surface area contributed by atoms with Crippen LogP contribution in [0.4, 0.5) is 0 Å². The van der Waals surface area contributed by atoms with Gasteiger partial charge in [0, 0.05) is 5.92 Å². The first-order chi connectivity index (χ1) is 8.44. The summed E-state index contributed by atoms with van der Waals surface area (Å²) < 4.78 is 0. The summed E-state index contributed by atoms with van der Waals surface area (Å²) in [7, 11) is 0. The van der Waals surface area contributed by atoms with Crippen LogP contribution in [0.5, 0.6) is 0 Å². The number of benzene rings is 1. The lowest BCUT2D eigenvalue weighted by Crippen LogP contribution is -2.48. The molecule has 0 amide bonds. The van der Waals surface area contributed by atoms with Crippen LogP contribution in [0.3, 0.4) is 0 Å². The molecule has 2 heteroatoms. The van der Waals surface area contributed by atoms with Crippen LogP contribution in [-0.4, -0.2) is 15.8 Å². The van der Waals surface area contributed by atoms with Crippen LogP contribution < -0.4 is 0 Å². The maximum absolute atomic E-state index is 11.0. The van der Waals surface area contributed by atoms with Crippen molar-refractivity contribution in [3.63, 3.8) is 0 Å². The van der Waals surface area contributed by atoms with E-state index in [9.17, 15) is 10.2 Å². The monoisotopic (exact) mass is 250 g/mol. The van der Waals surface area contributed by atoms with Gasteiger partial charge in [0.15, 0.2) is 0 Å². The molecule has 0 aliphatic carbocycles. The Hall–Kier alpha value is -0.860. The Morgan fingerprint density at radius 2 is 1.44 bits per heavy atom. The zero-order valence-electron chi connectivity index (χ0n) is 12.0. The Kier molecular flexibility index (Phi) is 4.94. The smallest absolute Gasteiger partial charge is 0.0946 e. The molecule has 0 heterocycles. The van der Waals surface area contributed by atoms with E-state index in [1.165, 1.54) is 0 Å². The molecule has 0 saturated heterocycles. The Morgan fingerprint density at radius 1 is 0.944 bits per heavy atom. The molecule has 102 valence electrons. The van der Waals surface area contributed by atoms with E-state index in [1.54, 1.807) is 0 Å². The first kappa shape index (κ1) is 15.2. The minimum Gasteiger partial charge on any atom is -0.390 e. The van der Waals surface area contributed by atoms with Crippen molar-refractivity contribution in [2.45, 2.75) is 58.2 Å². The van der Waals surface area contributed by atoms with E-state index in [0.717, 1.165) is 5.56 Å². The van der Waals surface area contributed by atoms with Gasteiger partial charge in [-0.3, -0.25) is 0 Å². The van der Waals surface area contributed by atoms with E-state index >= 15 is 0 Å². The average Bonchev–Trinajstić information content (AvgIpc) is 2.45. The van der Waals surface area contributed by atoms with Gasteiger partial charge in [-0.05, 0) is 24.8 Å². The Labute approximate surface area is 111 Å². The third-order valence-electron chi connectivity index (χ3n) is 4.56. The third kappa shape index (κ3) is 2.60. The van der Waals surface area contributed by atoms with Gasteiger partial charge in [-0.1, -0.05) is 58.0 Å². The lowest BCUT2D eigenvalue weighted by Gasteiger charge is -2.43. The van der Waals surface area contributed by atoms with Gasteiger partial charge >= 0.3 is 0 Å². The van der Waals surface area contributed by atoms with Crippen LogP contribution in [0.1, 0.15) is 52.5 Å². The quantitative estimate of drug-likeness (QED) is 0.811. The van der Waals surface area contributed by atoms with Crippen LogP contribution in [0.2, 0.25) is 0 Å². The number of rotatable bonds is 6. The standard InChI is InChI=1S/C16H26O2/c1-5-15(17,6-2)13(4)16(18,7-3)14-11-9-8-10-12-14/h8-13,17-18H,5-7H2,1-4H3. The van der Waals surface area contributed by atoms with Gasteiger partial charge in [-0.15, -0.1) is 0 Å². The highest BCUT2D eigenvalue weighted by atomic mass is 16.3. The summed E-state index contributed by atoms with van der Waals surface area (Å²) in [5, 5.41) is 21.7. The van der Waals surface area contributed by atoms with Crippen LogP contribution in [0, 0.1) is 5.92 Å². The molecular formula is C16H26O2. The summed E-state index contributed by atoms with van der Waals surface area (Å²) >= 11 is 0. The van der Waals surface area contributed by atoms with Crippen molar-refractivity contribution in [3.8, 4) is 0 Å². The fraction of sp³-hybridized carbons (Fsp3) is 0.625. The Morgan fingerprint density at radius 3 is 1.83 bits per heavy atom. The van der Waals surface area contributed by atoms with E-state index in [1.807, 2.05) is 58.0 Å². The van der Waals surface area contributed by atoms with Crippen LogP contribution in [0.15, 0.2) is 30.3 Å². The maximum Gasteiger partial charge on any atom is 0.0946 e. The summed E-state index contributed by atoms with van der Waals surface area (Å²) in [6.07, 6.45) is 1.90. The SMILES string of the molecule is CCC(O)(CC)C(C)C(O)(CC)c1ccccc1. The predicted octanol–water partition coefficient (Wildman–Crippen LogP) is 3.47. The van der Waals surface area contributed by atoms with Crippen LogP contribution >= 0.6 is 0 Å². The highest BCUT2D eigenvalue weighted by Crippen LogP contribution is 2.41. The van der Waals surface area contributed by atoms with Crippen molar-refractivity contribution in [2.24, 2.45) is 5.92 Å². The molecule has 0 bridgehead atoms. The second kappa shape index (κ2) is 5.85. The molecule has 0 spiro atoms. The fourth-order valence-electron chi connectivity index (χ4n) is 2.79. The fourth-order valence-corrected chi connectivity index (χ4v) is 2.79. The Balaban J connectivity index is 3.16. The van der Waals surface area contributed by atoms with E-state index in [0.29, 0.717) is 19.3 Å². The maximum atomic E-state index is 11.0. The third-order valence-corrected chi connectivity index (χ3v) is 4.56. The normalized spacial score (nSPS) is 17.2. The van der Waals surface area contributed by atoms with Crippen molar-refractivity contribution in [3.05, 3.63) is 35.9 Å². The summed E-state index contributed by atoms with van der Waals surface area (Å²) in [5.41, 5.74) is -0.900. The first-order valence-electron chi connectivity index (χ1n) is 6.94. The van der Waals surface area contributed by atoms with Gasteiger partial charge in [0.05, 0.1) is 11.2 Å². The second-order valence-electron chi connectivity index (χ2n) is 5.18. The zero-order chi connectivity index (χ0) is 13.8. The summed E-state index contributed by atoms with van der Waals surface area (Å²) in [4.78, 5) is 0. The van der Waals surface area contributed by atoms with Crippen molar-refractivity contribution in [1.29, 1.82) is 0 Å². The minimum absolute atomic E-state index is 0.201.